The summed E-state index contributed by atoms with van der Waals surface area (Å²) in [6.07, 6.45) is 0. The summed E-state index contributed by atoms with van der Waals surface area (Å²) < 4.78 is 22.9. The second-order valence-corrected chi connectivity index (χ2v) is 6.49. The van der Waals surface area contributed by atoms with Crippen molar-refractivity contribution in [2.45, 2.75) is 6.54 Å². The van der Waals surface area contributed by atoms with Gasteiger partial charge < -0.3 is 24.3 Å². The average Bonchev–Trinajstić information content (AvgIpc) is 3.18. The Morgan fingerprint density at radius 3 is 2.27 bits per heavy atom. The van der Waals surface area contributed by atoms with Gasteiger partial charge in [0.05, 0.1) is 34.1 Å². The van der Waals surface area contributed by atoms with Crippen molar-refractivity contribution in [3.05, 3.63) is 53.7 Å². The molecule has 0 fully saturated rings. The SMILES string of the molecule is COc1cccc(-c2cc(C(=O)NCc3cc(OC)c(OC)c(OC)c3)n(C)n2)c1. The Morgan fingerprint density at radius 1 is 0.967 bits per heavy atom. The van der Waals surface area contributed by atoms with Crippen LogP contribution in [0.3, 0.4) is 0 Å². The number of rotatable bonds is 8. The highest BCUT2D eigenvalue weighted by atomic mass is 16.5. The molecule has 0 bridgehead atoms. The van der Waals surface area contributed by atoms with Crippen LogP contribution >= 0.6 is 0 Å². The molecule has 0 saturated heterocycles. The van der Waals surface area contributed by atoms with Crippen molar-refractivity contribution in [3.63, 3.8) is 0 Å². The molecule has 158 valence electrons. The maximum atomic E-state index is 12.8. The molecule has 0 atom stereocenters. The third-order valence-corrected chi connectivity index (χ3v) is 4.66. The summed E-state index contributed by atoms with van der Waals surface area (Å²) in [4.78, 5) is 12.8. The number of carbonyl (C=O) groups is 1. The summed E-state index contributed by atoms with van der Waals surface area (Å²) in [7, 11) is 7.99. The highest BCUT2D eigenvalue weighted by Gasteiger charge is 2.17. The fourth-order valence-corrected chi connectivity index (χ4v) is 3.11. The van der Waals surface area contributed by atoms with E-state index in [0.29, 0.717) is 28.6 Å². The van der Waals surface area contributed by atoms with Gasteiger partial charge in [0.1, 0.15) is 11.4 Å². The minimum Gasteiger partial charge on any atom is -0.497 e. The summed E-state index contributed by atoms with van der Waals surface area (Å²) in [5.41, 5.74) is 2.82. The molecule has 0 aliphatic heterocycles. The summed E-state index contributed by atoms with van der Waals surface area (Å²) in [6.45, 7) is 0.287. The van der Waals surface area contributed by atoms with Crippen LogP contribution in [0.25, 0.3) is 11.3 Å². The smallest absolute Gasteiger partial charge is 0.269 e. The van der Waals surface area contributed by atoms with Gasteiger partial charge in [0.2, 0.25) is 5.75 Å². The molecule has 2 aromatic carbocycles. The third-order valence-electron chi connectivity index (χ3n) is 4.66. The van der Waals surface area contributed by atoms with Gasteiger partial charge in [-0.2, -0.15) is 5.10 Å². The molecular weight excluding hydrogens is 386 g/mol. The van der Waals surface area contributed by atoms with Crippen LogP contribution in [0.4, 0.5) is 0 Å². The van der Waals surface area contributed by atoms with Gasteiger partial charge in [-0.3, -0.25) is 9.48 Å². The van der Waals surface area contributed by atoms with Crippen molar-refractivity contribution in [2.24, 2.45) is 7.05 Å². The van der Waals surface area contributed by atoms with E-state index in [1.54, 1.807) is 58.4 Å². The third kappa shape index (κ3) is 4.32. The number of carbonyl (C=O) groups excluding carboxylic acids is 1. The molecule has 0 unspecified atom stereocenters. The van der Waals surface area contributed by atoms with E-state index in [9.17, 15) is 4.79 Å². The number of hydrogen-bond donors (Lipinski definition) is 1. The summed E-state index contributed by atoms with van der Waals surface area (Å²) in [5, 5.41) is 7.36. The Hall–Kier alpha value is -3.68. The molecule has 0 saturated carbocycles. The van der Waals surface area contributed by atoms with Gasteiger partial charge in [-0.25, -0.2) is 0 Å². The van der Waals surface area contributed by atoms with Gasteiger partial charge in [-0.1, -0.05) is 12.1 Å². The van der Waals surface area contributed by atoms with E-state index >= 15 is 0 Å². The fourth-order valence-electron chi connectivity index (χ4n) is 3.11. The molecule has 0 aliphatic carbocycles. The lowest BCUT2D eigenvalue weighted by atomic mass is 10.1. The lowest BCUT2D eigenvalue weighted by molar-refractivity contribution is 0.0941. The van der Waals surface area contributed by atoms with E-state index in [2.05, 4.69) is 10.4 Å². The molecule has 8 nitrogen and oxygen atoms in total. The maximum Gasteiger partial charge on any atom is 0.269 e. The standard InChI is InChI=1S/C22H25N3O5/c1-25-18(12-17(24-25)15-7-6-8-16(11-15)27-2)22(26)23-13-14-9-19(28-3)21(30-5)20(10-14)29-4/h6-12H,13H2,1-5H3,(H,23,26). The van der Waals surface area contributed by atoms with Gasteiger partial charge >= 0.3 is 0 Å². The van der Waals surface area contributed by atoms with Crippen molar-refractivity contribution in [2.75, 3.05) is 28.4 Å². The molecule has 30 heavy (non-hydrogen) atoms. The molecule has 0 spiro atoms. The average molecular weight is 411 g/mol. The number of methoxy groups -OCH3 is 4. The van der Waals surface area contributed by atoms with Crippen LogP contribution in [0.5, 0.6) is 23.0 Å². The number of aromatic nitrogens is 2. The Balaban J connectivity index is 1.78. The van der Waals surface area contributed by atoms with E-state index in [1.165, 1.54) is 0 Å². The molecule has 1 heterocycles. The Bertz CT molecular complexity index is 1020. The van der Waals surface area contributed by atoms with Crippen molar-refractivity contribution in [1.82, 2.24) is 15.1 Å². The maximum absolute atomic E-state index is 12.8. The zero-order valence-corrected chi connectivity index (χ0v) is 17.7. The first kappa shape index (κ1) is 21.0. The van der Waals surface area contributed by atoms with Gasteiger partial charge in [0.25, 0.3) is 5.91 Å². The van der Waals surface area contributed by atoms with Crippen LogP contribution in [0, 0.1) is 0 Å². The number of amides is 1. The zero-order chi connectivity index (χ0) is 21.7. The van der Waals surface area contributed by atoms with Crippen LogP contribution < -0.4 is 24.3 Å². The van der Waals surface area contributed by atoms with Gasteiger partial charge in [-0.15, -0.1) is 0 Å². The molecule has 3 rings (SSSR count). The second kappa shape index (κ2) is 9.21. The predicted octanol–water partition coefficient (Wildman–Crippen LogP) is 3.05. The number of aryl methyl sites for hydroxylation is 1. The van der Waals surface area contributed by atoms with E-state index in [0.717, 1.165) is 16.9 Å². The van der Waals surface area contributed by atoms with Crippen molar-refractivity contribution < 1.29 is 23.7 Å². The molecular formula is C22H25N3O5. The van der Waals surface area contributed by atoms with E-state index in [4.69, 9.17) is 18.9 Å². The zero-order valence-electron chi connectivity index (χ0n) is 17.7. The Labute approximate surface area is 175 Å². The van der Waals surface area contributed by atoms with Crippen LogP contribution in [0.1, 0.15) is 16.1 Å². The number of hydrogen-bond acceptors (Lipinski definition) is 6. The number of ether oxygens (including phenoxy) is 4. The molecule has 8 heteroatoms. The van der Waals surface area contributed by atoms with Gasteiger partial charge in [0, 0.05) is 19.2 Å². The van der Waals surface area contributed by atoms with Gasteiger partial charge in [0.15, 0.2) is 11.5 Å². The first-order valence-corrected chi connectivity index (χ1v) is 9.26. The normalized spacial score (nSPS) is 10.4. The largest absolute Gasteiger partial charge is 0.497 e. The fraction of sp³-hybridized carbons (Fsp3) is 0.273. The Morgan fingerprint density at radius 2 is 1.67 bits per heavy atom. The lowest BCUT2D eigenvalue weighted by Gasteiger charge is -2.14. The van der Waals surface area contributed by atoms with E-state index < -0.39 is 0 Å². The quantitative estimate of drug-likeness (QED) is 0.613. The second-order valence-electron chi connectivity index (χ2n) is 6.49. The predicted molar refractivity (Wildman–Crippen MR) is 112 cm³/mol. The van der Waals surface area contributed by atoms with E-state index in [1.807, 2.05) is 24.3 Å². The number of nitrogens with one attached hydrogen (secondary N) is 1. The van der Waals surface area contributed by atoms with Crippen LogP contribution in [-0.2, 0) is 13.6 Å². The molecule has 0 radical (unpaired) electrons. The van der Waals surface area contributed by atoms with Gasteiger partial charge in [-0.05, 0) is 35.9 Å². The summed E-state index contributed by atoms with van der Waals surface area (Å²) in [6, 6.07) is 12.9. The highest BCUT2D eigenvalue weighted by Crippen LogP contribution is 2.38. The Kier molecular flexibility index (Phi) is 6.46. The molecule has 0 aliphatic rings. The first-order chi connectivity index (χ1) is 14.5. The topological polar surface area (TPSA) is 83.8 Å². The molecule has 1 N–H and O–H groups in total. The minimum atomic E-state index is -0.243. The molecule has 1 amide bonds. The van der Waals surface area contributed by atoms with E-state index in [-0.39, 0.29) is 12.5 Å². The number of nitrogens with zero attached hydrogens (tertiary/aromatic N) is 2. The summed E-state index contributed by atoms with van der Waals surface area (Å²) >= 11 is 0. The van der Waals surface area contributed by atoms with Crippen molar-refractivity contribution in [3.8, 4) is 34.3 Å². The first-order valence-electron chi connectivity index (χ1n) is 9.26. The summed E-state index contributed by atoms with van der Waals surface area (Å²) in [5.74, 6) is 2.05. The van der Waals surface area contributed by atoms with Crippen LogP contribution in [0.15, 0.2) is 42.5 Å². The van der Waals surface area contributed by atoms with Crippen LogP contribution in [0.2, 0.25) is 0 Å². The highest BCUT2D eigenvalue weighted by molar-refractivity contribution is 5.93. The van der Waals surface area contributed by atoms with Crippen molar-refractivity contribution >= 4 is 5.91 Å². The van der Waals surface area contributed by atoms with Crippen molar-refractivity contribution in [1.29, 1.82) is 0 Å². The number of benzene rings is 2. The minimum absolute atomic E-state index is 0.243. The lowest BCUT2D eigenvalue weighted by Crippen LogP contribution is -2.25. The van der Waals surface area contributed by atoms with Crippen LogP contribution in [-0.4, -0.2) is 44.1 Å². The molecule has 1 aromatic heterocycles. The molecule has 3 aromatic rings. The monoisotopic (exact) mass is 411 g/mol.